The molecule has 0 spiro atoms. The van der Waals surface area contributed by atoms with Crippen molar-refractivity contribution in [2.24, 2.45) is 0 Å². The zero-order chi connectivity index (χ0) is 19.6. The molecule has 8 heteroatoms. The van der Waals surface area contributed by atoms with Crippen molar-refractivity contribution >= 4 is 33.1 Å². The maximum absolute atomic E-state index is 12.7. The number of sulfonamides is 1. The number of amides is 1. The lowest BCUT2D eigenvalue weighted by atomic mass is 10.2. The molecule has 27 heavy (non-hydrogen) atoms. The molecule has 1 amide bonds. The molecule has 144 valence electrons. The number of hydrogen-bond acceptors (Lipinski definition) is 5. The Hall–Kier alpha value is -2.61. The van der Waals surface area contributed by atoms with Gasteiger partial charge in [-0.25, -0.2) is 13.4 Å². The number of fused-ring (bicyclic) bond motifs is 1. The summed E-state index contributed by atoms with van der Waals surface area (Å²) in [5.41, 5.74) is 2.06. The van der Waals surface area contributed by atoms with Crippen LogP contribution < -0.4 is 14.5 Å². The molecule has 0 saturated heterocycles. The summed E-state index contributed by atoms with van der Waals surface area (Å²) in [7, 11) is -3.72. The summed E-state index contributed by atoms with van der Waals surface area (Å²) in [4.78, 5) is 19.9. The Bertz CT molecular complexity index is 938. The van der Waals surface area contributed by atoms with Gasteiger partial charge >= 0.3 is 0 Å². The average molecular weight is 388 g/mol. The summed E-state index contributed by atoms with van der Waals surface area (Å²) >= 11 is 0. The fourth-order valence-corrected chi connectivity index (χ4v) is 4.36. The van der Waals surface area contributed by atoms with Crippen LogP contribution >= 0.6 is 0 Å². The molecule has 2 heterocycles. The van der Waals surface area contributed by atoms with Gasteiger partial charge in [0.1, 0.15) is 5.82 Å². The SMILES string of the molecule is CCN(CC)c1ccc(NS(=O)(=O)c2ccc3c(c2)CCN3C(C)=O)cn1. The fraction of sp³-hybridized carbons (Fsp3) is 0.368. The van der Waals surface area contributed by atoms with Gasteiger partial charge in [-0.1, -0.05) is 0 Å². The minimum atomic E-state index is -3.72. The Morgan fingerprint density at radius 3 is 2.56 bits per heavy atom. The fourth-order valence-electron chi connectivity index (χ4n) is 3.27. The van der Waals surface area contributed by atoms with Crippen molar-refractivity contribution in [1.29, 1.82) is 0 Å². The monoisotopic (exact) mass is 388 g/mol. The number of carbonyl (C=O) groups excluding carboxylic acids is 1. The number of rotatable bonds is 6. The number of anilines is 3. The van der Waals surface area contributed by atoms with Gasteiger partial charge in [0, 0.05) is 32.2 Å². The number of benzene rings is 1. The minimum Gasteiger partial charge on any atom is -0.357 e. The maximum atomic E-state index is 12.7. The van der Waals surface area contributed by atoms with Crippen molar-refractivity contribution in [3.8, 4) is 0 Å². The van der Waals surface area contributed by atoms with Crippen LogP contribution in [0.4, 0.5) is 17.2 Å². The van der Waals surface area contributed by atoms with Crippen molar-refractivity contribution in [1.82, 2.24) is 4.98 Å². The van der Waals surface area contributed by atoms with E-state index in [0.717, 1.165) is 30.2 Å². The third-order valence-corrected chi connectivity index (χ3v) is 6.10. The van der Waals surface area contributed by atoms with E-state index in [1.807, 2.05) is 13.8 Å². The Morgan fingerprint density at radius 1 is 1.22 bits per heavy atom. The Kier molecular flexibility index (Phi) is 5.36. The van der Waals surface area contributed by atoms with Gasteiger partial charge in [0.2, 0.25) is 5.91 Å². The van der Waals surface area contributed by atoms with Crippen LogP contribution in [0.1, 0.15) is 26.3 Å². The lowest BCUT2D eigenvalue weighted by molar-refractivity contribution is -0.116. The highest BCUT2D eigenvalue weighted by Gasteiger charge is 2.24. The molecule has 0 saturated carbocycles. The van der Waals surface area contributed by atoms with Crippen molar-refractivity contribution < 1.29 is 13.2 Å². The first kappa shape index (κ1) is 19.2. The second-order valence-electron chi connectivity index (χ2n) is 6.39. The molecular formula is C19H24N4O3S. The molecule has 0 radical (unpaired) electrons. The van der Waals surface area contributed by atoms with Gasteiger partial charge in [0.25, 0.3) is 10.0 Å². The van der Waals surface area contributed by atoms with Crippen LogP contribution in [-0.4, -0.2) is 38.9 Å². The van der Waals surface area contributed by atoms with Crippen LogP contribution in [0.3, 0.4) is 0 Å². The zero-order valence-electron chi connectivity index (χ0n) is 15.8. The number of nitrogens with zero attached hydrogens (tertiary/aromatic N) is 3. The quantitative estimate of drug-likeness (QED) is 0.823. The third kappa shape index (κ3) is 3.90. The highest BCUT2D eigenvalue weighted by molar-refractivity contribution is 7.92. The lowest BCUT2D eigenvalue weighted by Gasteiger charge is -2.19. The second kappa shape index (κ2) is 7.56. The summed E-state index contributed by atoms with van der Waals surface area (Å²) in [5, 5.41) is 0. The standard InChI is InChI=1S/C19H24N4O3S/c1-4-22(5-2)19-9-6-16(13-20-19)21-27(25,26)17-7-8-18-15(12-17)10-11-23(18)14(3)24/h6-9,12-13,21H,4-5,10-11H2,1-3H3. The zero-order valence-corrected chi connectivity index (χ0v) is 16.6. The van der Waals surface area contributed by atoms with E-state index >= 15 is 0 Å². The van der Waals surface area contributed by atoms with Crippen LogP contribution in [0.15, 0.2) is 41.4 Å². The Labute approximate surface area is 160 Å². The van der Waals surface area contributed by atoms with Crippen LogP contribution in [0, 0.1) is 0 Å². The predicted molar refractivity (Wildman–Crippen MR) is 107 cm³/mol. The van der Waals surface area contributed by atoms with Gasteiger partial charge in [0.05, 0.1) is 16.8 Å². The minimum absolute atomic E-state index is 0.0400. The number of carbonyl (C=O) groups is 1. The van der Waals surface area contributed by atoms with Gasteiger partial charge in [0.15, 0.2) is 0 Å². The second-order valence-corrected chi connectivity index (χ2v) is 8.08. The third-order valence-electron chi connectivity index (χ3n) is 4.72. The number of pyridine rings is 1. The predicted octanol–water partition coefficient (Wildman–Crippen LogP) is 2.64. The molecule has 2 aromatic rings. The van der Waals surface area contributed by atoms with E-state index in [0.29, 0.717) is 18.7 Å². The Balaban J connectivity index is 1.80. The maximum Gasteiger partial charge on any atom is 0.261 e. The molecule has 3 rings (SSSR count). The molecule has 0 aliphatic carbocycles. The van der Waals surface area contributed by atoms with E-state index in [1.165, 1.54) is 19.2 Å². The molecule has 1 aromatic heterocycles. The molecular weight excluding hydrogens is 364 g/mol. The van der Waals surface area contributed by atoms with Crippen LogP contribution in [0.25, 0.3) is 0 Å². The van der Waals surface area contributed by atoms with Gasteiger partial charge in [-0.3, -0.25) is 9.52 Å². The highest BCUT2D eigenvalue weighted by atomic mass is 32.2. The first-order valence-electron chi connectivity index (χ1n) is 9.00. The molecule has 0 bridgehead atoms. The van der Waals surface area contributed by atoms with Crippen molar-refractivity contribution in [2.45, 2.75) is 32.1 Å². The average Bonchev–Trinajstić information content (AvgIpc) is 3.07. The smallest absolute Gasteiger partial charge is 0.261 e. The normalized spacial score (nSPS) is 13.4. The van der Waals surface area contributed by atoms with Crippen molar-refractivity contribution in [3.05, 3.63) is 42.1 Å². The van der Waals surface area contributed by atoms with E-state index in [4.69, 9.17) is 0 Å². The first-order chi connectivity index (χ1) is 12.9. The summed E-state index contributed by atoms with van der Waals surface area (Å²) in [6, 6.07) is 8.37. The summed E-state index contributed by atoms with van der Waals surface area (Å²) in [5.74, 6) is 0.770. The van der Waals surface area contributed by atoms with Gasteiger partial charge < -0.3 is 9.80 Å². The van der Waals surface area contributed by atoms with E-state index in [9.17, 15) is 13.2 Å². The molecule has 0 atom stereocenters. The van der Waals surface area contributed by atoms with Gasteiger partial charge in [-0.2, -0.15) is 0 Å². The van der Waals surface area contributed by atoms with E-state index in [1.54, 1.807) is 29.2 Å². The van der Waals surface area contributed by atoms with Gasteiger partial charge in [-0.05, 0) is 56.2 Å². The van der Waals surface area contributed by atoms with E-state index in [2.05, 4.69) is 14.6 Å². The Morgan fingerprint density at radius 2 is 1.96 bits per heavy atom. The van der Waals surface area contributed by atoms with Crippen molar-refractivity contribution in [2.75, 3.05) is 34.2 Å². The summed E-state index contributed by atoms with van der Waals surface area (Å²) in [6.45, 7) is 7.85. The first-order valence-corrected chi connectivity index (χ1v) is 10.5. The highest BCUT2D eigenvalue weighted by Crippen LogP contribution is 2.30. The van der Waals surface area contributed by atoms with Crippen LogP contribution in [0.5, 0.6) is 0 Å². The molecule has 7 nitrogen and oxygen atoms in total. The number of nitrogens with one attached hydrogen (secondary N) is 1. The van der Waals surface area contributed by atoms with Crippen LogP contribution in [-0.2, 0) is 21.2 Å². The molecule has 0 unspecified atom stereocenters. The number of aromatic nitrogens is 1. The van der Waals surface area contributed by atoms with Crippen LogP contribution in [0.2, 0.25) is 0 Å². The van der Waals surface area contributed by atoms with Gasteiger partial charge in [-0.15, -0.1) is 0 Å². The summed E-state index contributed by atoms with van der Waals surface area (Å²) < 4.78 is 28.0. The molecule has 0 fully saturated rings. The molecule has 1 N–H and O–H groups in total. The van der Waals surface area contributed by atoms with E-state index in [-0.39, 0.29) is 10.8 Å². The summed E-state index contributed by atoms with van der Waals surface area (Å²) in [6.07, 6.45) is 2.18. The molecule has 1 aliphatic heterocycles. The number of hydrogen-bond donors (Lipinski definition) is 1. The van der Waals surface area contributed by atoms with E-state index < -0.39 is 10.0 Å². The largest absolute Gasteiger partial charge is 0.357 e. The molecule has 1 aromatic carbocycles. The topological polar surface area (TPSA) is 82.6 Å². The molecule has 1 aliphatic rings. The van der Waals surface area contributed by atoms with Crippen molar-refractivity contribution in [3.63, 3.8) is 0 Å². The lowest BCUT2D eigenvalue weighted by Crippen LogP contribution is -2.25.